The van der Waals surface area contributed by atoms with Gasteiger partial charge in [0.2, 0.25) is 0 Å². The first kappa shape index (κ1) is 9.32. The van der Waals surface area contributed by atoms with Crippen molar-refractivity contribution in [1.82, 2.24) is 4.90 Å². The van der Waals surface area contributed by atoms with Gasteiger partial charge in [0.1, 0.15) is 6.10 Å². The summed E-state index contributed by atoms with van der Waals surface area (Å²) in [7, 11) is 0. The fourth-order valence-corrected chi connectivity index (χ4v) is 1.24. The third-order valence-corrected chi connectivity index (χ3v) is 2.02. The minimum Gasteiger partial charge on any atom is -0.444 e. The van der Waals surface area contributed by atoms with Gasteiger partial charge in [0.15, 0.2) is 0 Å². The van der Waals surface area contributed by atoms with E-state index in [-0.39, 0.29) is 24.8 Å². The van der Waals surface area contributed by atoms with E-state index in [1.807, 2.05) is 13.8 Å². The summed E-state index contributed by atoms with van der Waals surface area (Å²) in [5, 5.41) is 8.74. The minimum absolute atomic E-state index is 0.0718. The van der Waals surface area contributed by atoms with Gasteiger partial charge in [-0.25, -0.2) is 4.79 Å². The van der Waals surface area contributed by atoms with E-state index >= 15 is 0 Å². The molecule has 1 N–H and O–H groups in total. The van der Waals surface area contributed by atoms with Crippen molar-refractivity contribution >= 4 is 6.09 Å². The van der Waals surface area contributed by atoms with Crippen molar-refractivity contribution in [2.75, 3.05) is 13.2 Å². The van der Waals surface area contributed by atoms with E-state index in [0.717, 1.165) is 6.42 Å². The molecule has 0 aromatic heterocycles. The van der Waals surface area contributed by atoms with Crippen LogP contribution in [0.1, 0.15) is 20.3 Å². The van der Waals surface area contributed by atoms with E-state index in [2.05, 4.69) is 0 Å². The van der Waals surface area contributed by atoms with E-state index in [9.17, 15) is 4.79 Å². The SMILES string of the molecule is CC(C)N1CCC(CO)OC1=O. The number of carbonyl (C=O) groups is 1. The first-order valence-electron chi connectivity index (χ1n) is 4.23. The highest BCUT2D eigenvalue weighted by Crippen LogP contribution is 2.13. The Labute approximate surface area is 72.1 Å². The van der Waals surface area contributed by atoms with Crippen LogP contribution in [0, 0.1) is 0 Å². The number of hydrogen-bond donors (Lipinski definition) is 1. The zero-order valence-corrected chi connectivity index (χ0v) is 7.49. The average molecular weight is 173 g/mol. The minimum atomic E-state index is -0.310. The van der Waals surface area contributed by atoms with Crippen LogP contribution in [-0.2, 0) is 4.74 Å². The molecule has 1 rings (SSSR count). The Morgan fingerprint density at radius 2 is 2.42 bits per heavy atom. The van der Waals surface area contributed by atoms with Crippen molar-refractivity contribution in [3.05, 3.63) is 0 Å². The Hall–Kier alpha value is -0.770. The second kappa shape index (κ2) is 3.76. The van der Waals surface area contributed by atoms with Crippen LogP contribution in [0.15, 0.2) is 0 Å². The van der Waals surface area contributed by atoms with Crippen LogP contribution in [0.3, 0.4) is 0 Å². The van der Waals surface area contributed by atoms with E-state index in [1.165, 1.54) is 0 Å². The number of aliphatic hydroxyl groups is 1. The Balaban J connectivity index is 2.48. The maximum Gasteiger partial charge on any atom is 0.410 e. The van der Waals surface area contributed by atoms with Crippen LogP contribution in [-0.4, -0.2) is 41.4 Å². The standard InChI is InChI=1S/C8H15NO3/c1-6(2)9-4-3-7(5-10)12-8(9)11/h6-7,10H,3-5H2,1-2H3. The molecule has 4 heteroatoms. The maximum absolute atomic E-state index is 11.2. The number of aliphatic hydroxyl groups excluding tert-OH is 1. The van der Waals surface area contributed by atoms with E-state index < -0.39 is 0 Å². The monoisotopic (exact) mass is 173 g/mol. The van der Waals surface area contributed by atoms with Crippen molar-refractivity contribution in [2.24, 2.45) is 0 Å². The van der Waals surface area contributed by atoms with Gasteiger partial charge in [-0.05, 0) is 13.8 Å². The second-order valence-electron chi connectivity index (χ2n) is 3.26. The maximum atomic E-state index is 11.2. The fraction of sp³-hybridized carbons (Fsp3) is 0.875. The van der Waals surface area contributed by atoms with Crippen LogP contribution in [0.2, 0.25) is 0 Å². The van der Waals surface area contributed by atoms with E-state index in [4.69, 9.17) is 9.84 Å². The molecule has 0 bridgehead atoms. The molecular formula is C8H15NO3. The van der Waals surface area contributed by atoms with Crippen LogP contribution in [0.25, 0.3) is 0 Å². The molecule has 0 aromatic carbocycles. The number of rotatable bonds is 2. The summed E-state index contributed by atoms with van der Waals surface area (Å²) in [6.45, 7) is 4.50. The van der Waals surface area contributed by atoms with Gasteiger partial charge in [-0.15, -0.1) is 0 Å². The molecular weight excluding hydrogens is 158 g/mol. The Morgan fingerprint density at radius 3 is 2.83 bits per heavy atom. The molecule has 0 saturated carbocycles. The molecule has 1 saturated heterocycles. The summed E-state index contributed by atoms with van der Waals surface area (Å²) in [4.78, 5) is 12.9. The molecule has 0 aromatic rings. The predicted molar refractivity (Wildman–Crippen MR) is 43.8 cm³/mol. The molecule has 12 heavy (non-hydrogen) atoms. The van der Waals surface area contributed by atoms with Gasteiger partial charge in [0, 0.05) is 19.0 Å². The number of nitrogens with zero attached hydrogens (tertiary/aromatic N) is 1. The largest absolute Gasteiger partial charge is 0.444 e. The van der Waals surface area contributed by atoms with Gasteiger partial charge in [-0.1, -0.05) is 0 Å². The smallest absolute Gasteiger partial charge is 0.410 e. The lowest BCUT2D eigenvalue weighted by Crippen LogP contribution is -2.46. The van der Waals surface area contributed by atoms with Crippen LogP contribution >= 0.6 is 0 Å². The zero-order valence-electron chi connectivity index (χ0n) is 7.49. The predicted octanol–water partition coefficient (Wildman–Crippen LogP) is 0.598. The number of cyclic esters (lactones) is 1. The van der Waals surface area contributed by atoms with Crippen molar-refractivity contribution < 1.29 is 14.6 Å². The highest BCUT2D eigenvalue weighted by molar-refractivity contribution is 5.68. The molecule has 0 radical (unpaired) electrons. The first-order chi connectivity index (χ1) is 5.65. The molecule has 1 fully saturated rings. The average Bonchev–Trinajstić information content (AvgIpc) is 2.03. The fourth-order valence-electron chi connectivity index (χ4n) is 1.24. The third-order valence-electron chi connectivity index (χ3n) is 2.02. The lowest BCUT2D eigenvalue weighted by atomic mass is 10.2. The van der Waals surface area contributed by atoms with Crippen molar-refractivity contribution in [1.29, 1.82) is 0 Å². The van der Waals surface area contributed by atoms with Gasteiger partial charge in [0.25, 0.3) is 0 Å². The van der Waals surface area contributed by atoms with Crippen molar-refractivity contribution in [3.8, 4) is 0 Å². The topological polar surface area (TPSA) is 49.8 Å². The molecule has 70 valence electrons. The Bertz CT molecular complexity index is 170. The lowest BCUT2D eigenvalue weighted by Gasteiger charge is -2.33. The van der Waals surface area contributed by atoms with Crippen molar-refractivity contribution in [2.45, 2.75) is 32.4 Å². The Morgan fingerprint density at radius 1 is 1.75 bits per heavy atom. The lowest BCUT2D eigenvalue weighted by molar-refractivity contribution is -0.00810. The molecule has 1 amide bonds. The van der Waals surface area contributed by atoms with Crippen LogP contribution < -0.4 is 0 Å². The van der Waals surface area contributed by atoms with Gasteiger partial charge >= 0.3 is 6.09 Å². The number of ether oxygens (including phenoxy) is 1. The number of hydrogen-bond acceptors (Lipinski definition) is 3. The number of carbonyl (C=O) groups excluding carboxylic acids is 1. The van der Waals surface area contributed by atoms with Crippen LogP contribution in [0.5, 0.6) is 0 Å². The Kier molecular flexibility index (Phi) is 2.92. The molecule has 1 heterocycles. The number of amides is 1. The van der Waals surface area contributed by atoms with Crippen LogP contribution in [0.4, 0.5) is 4.79 Å². The van der Waals surface area contributed by atoms with Gasteiger partial charge < -0.3 is 14.7 Å². The molecule has 0 aliphatic carbocycles. The third kappa shape index (κ3) is 1.88. The van der Waals surface area contributed by atoms with E-state index in [0.29, 0.717) is 6.54 Å². The molecule has 1 aliphatic heterocycles. The summed E-state index contributed by atoms with van der Waals surface area (Å²) in [5.74, 6) is 0. The summed E-state index contributed by atoms with van der Waals surface area (Å²) >= 11 is 0. The van der Waals surface area contributed by atoms with E-state index in [1.54, 1.807) is 4.90 Å². The summed E-state index contributed by atoms with van der Waals surface area (Å²) in [6, 6.07) is 0.178. The molecule has 4 nitrogen and oxygen atoms in total. The van der Waals surface area contributed by atoms with Gasteiger partial charge in [-0.2, -0.15) is 0 Å². The quantitative estimate of drug-likeness (QED) is 0.665. The molecule has 0 spiro atoms. The summed E-state index contributed by atoms with van der Waals surface area (Å²) < 4.78 is 4.95. The molecule has 1 aliphatic rings. The normalized spacial score (nSPS) is 24.5. The second-order valence-corrected chi connectivity index (χ2v) is 3.26. The van der Waals surface area contributed by atoms with Gasteiger partial charge in [0.05, 0.1) is 6.61 Å². The molecule has 1 atom stereocenters. The zero-order chi connectivity index (χ0) is 9.14. The highest BCUT2D eigenvalue weighted by Gasteiger charge is 2.27. The highest BCUT2D eigenvalue weighted by atomic mass is 16.6. The van der Waals surface area contributed by atoms with Crippen molar-refractivity contribution in [3.63, 3.8) is 0 Å². The molecule has 1 unspecified atom stereocenters. The van der Waals surface area contributed by atoms with Gasteiger partial charge in [-0.3, -0.25) is 0 Å². The first-order valence-corrected chi connectivity index (χ1v) is 4.23. The summed E-state index contributed by atoms with van der Waals surface area (Å²) in [5.41, 5.74) is 0. The summed E-state index contributed by atoms with van der Waals surface area (Å²) in [6.07, 6.45) is 0.114.